The third kappa shape index (κ3) is 10.8. The highest BCUT2D eigenvalue weighted by Gasteiger charge is 2.38. The fourth-order valence-electron chi connectivity index (χ4n) is 6.07. The molecule has 6 rings (SSSR count). The van der Waals surface area contributed by atoms with Gasteiger partial charge in [-0.05, 0) is 99.8 Å². The Morgan fingerprint density at radius 2 is 1.66 bits per heavy atom. The third-order valence-electron chi connectivity index (χ3n) is 8.76. The number of thiazole rings is 1. The van der Waals surface area contributed by atoms with E-state index in [2.05, 4.69) is 20.2 Å². The van der Waals surface area contributed by atoms with E-state index in [-0.39, 0.29) is 23.1 Å². The average Bonchev–Trinajstić information content (AvgIpc) is 3.81. The van der Waals surface area contributed by atoms with Crippen molar-refractivity contribution in [2.24, 2.45) is 0 Å². The van der Waals surface area contributed by atoms with Crippen molar-refractivity contribution in [3.8, 4) is 22.8 Å². The third-order valence-corrected chi connectivity index (χ3v) is 10.7. The standard InChI is InChI=1S/C34H37N5O5S2.C2HF3O2/c1-23-6-5-13-35-32(23)24-18-25(20-29(19-24)44-28-7-9-30(10-8-28)46(2,42)43)33(41)37-34-36-26(22-45-34)21-31(40)39-16-11-27(12-17-39)38-14-3-4-15-38;3-2(4,5)1(6)7/h5-10,13,18-20,22,27H,3-4,11-12,14-17,21H2,1-2H3,(H,36,37,41);(H,6,7). The number of carbonyl (C=O) groups excluding carboxylic acids is 2. The van der Waals surface area contributed by atoms with Crippen LogP contribution in [0.15, 0.2) is 71.1 Å². The van der Waals surface area contributed by atoms with Gasteiger partial charge in [-0.25, -0.2) is 18.2 Å². The van der Waals surface area contributed by atoms with Crippen LogP contribution in [0, 0.1) is 6.92 Å². The highest BCUT2D eigenvalue weighted by molar-refractivity contribution is 7.90. The van der Waals surface area contributed by atoms with Crippen LogP contribution in [0.3, 0.4) is 0 Å². The SMILES string of the molecule is Cc1cccnc1-c1cc(Oc2ccc(S(C)(=O)=O)cc2)cc(C(=O)Nc2nc(CC(=O)N3CCC(N4CCCC4)CC3)cs2)c1.O=C(O)C(F)(F)F. The summed E-state index contributed by atoms with van der Waals surface area (Å²) in [5, 5.41) is 12.2. The van der Waals surface area contributed by atoms with Gasteiger partial charge >= 0.3 is 12.1 Å². The van der Waals surface area contributed by atoms with Crippen molar-refractivity contribution in [3.63, 3.8) is 0 Å². The fraction of sp³-hybridized carbons (Fsp3) is 0.361. The molecule has 0 saturated carbocycles. The first-order chi connectivity index (χ1) is 25.1. The first-order valence-corrected chi connectivity index (χ1v) is 19.5. The highest BCUT2D eigenvalue weighted by Crippen LogP contribution is 2.31. The van der Waals surface area contributed by atoms with Crippen LogP contribution in [0.2, 0.25) is 0 Å². The van der Waals surface area contributed by atoms with Crippen LogP contribution < -0.4 is 10.1 Å². The van der Waals surface area contributed by atoms with Gasteiger partial charge in [0.05, 0.1) is 22.7 Å². The number of amides is 2. The number of anilines is 1. The van der Waals surface area contributed by atoms with Gasteiger partial charge in [0, 0.05) is 48.1 Å². The summed E-state index contributed by atoms with van der Waals surface area (Å²) in [5.41, 5.74) is 3.28. The number of likely N-dealkylation sites (tertiary alicyclic amines) is 2. The van der Waals surface area contributed by atoms with Crippen LogP contribution in [0.5, 0.6) is 11.5 Å². The number of aliphatic carboxylic acids is 1. The molecule has 0 bridgehead atoms. The molecule has 2 fully saturated rings. The number of ether oxygens (including phenoxy) is 1. The summed E-state index contributed by atoms with van der Waals surface area (Å²) in [5.74, 6) is -2.27. The van der Waals surface area contributed by atoms with Crippen molar-refractivity contribution < 1.29 is 45.8 Å². The molecule has 2 N–H and O–H groups in total. The van der Waals surface area contributed by atoms with E-state index >= 15 is 0 Å². The van der Waals surface area contributed by atoms with Crippen LogP contribution in [0.4, 0.5) is 18.3 Å². The Hall–Kier alpha value is -4.87. The maximum absolute atomic E-state index is 13.5. The minimum atomic E-state index is -5.08. The van der Waals surface area contributed by atoms with Gasteiger partial charge in [0.15, 0.2) is 15.0 Å². The molecule has 0 aliphatic carbocycles. The molecule has 2 amide bonds. The normalized spacial score (nSPS) is 15.4. The average molecular weight is 774 g/mol. The molecule has 0 spiro atoms. The number of alkyl halides is 3. The second kappa shape index (κ2) is 16.9. The number of aromatic nitrogens is 2. The number of piperidine rings is 1. The summed E-state index contributed by atoms with van der Waals surface area (Å²) in [6.07, 6.45) is 2.52. The van der Waals surface area contributed by atoms with Crippen molar-refractivity contribution in [3.05, 3.63) is 83.0 Å². The smallest absolute Gasteiger partial charge is 0.475 e. The van der Waals surface area contributed by atoms with Gasteiger partial charge in [-0.3, -0.25) is 19.9 Å². The van der Waals surface area contributed by atoms with E-state index in [1.807, 2.05) is 29.3 Å². The van der Waals surface area contributed by atoms with Gasteiger partial charge in [0.1, 0.15) is 11.5 Å². The molecular formula is C36H38F3N5O7S2. The summed E-state index contributed by atoms with van der Waals surface area (Å²) in [6.45, 7) is 5.83. The Morgan fingerprint density at radius 1 is 1.00 bits per heavy atom. The van der Waals surface area contributed by atoms with Gasteiger partial charge in [-0.15, -0.1) is 11.3 Å². The van der Waals surface area contributed by atoms with Crippen LogP contribution >= 0.6 is 11.3 Å². The Kier molecular flexibility index (Phi) is 12.5. The molecule has 2 aromatic carbocycles. The largest absolute Gasteiger partial charge is 0.490 e. The Morgan fingerprint density at radius 3 is 2.26 bits per heavy atom. The predicted octanol–water partition coefficient (Wildman–Crippen LogP) is 6.22. The highest BCUT2D eigenvalue weighted by atomic mass is 32.2. The molecule has 12 nitrogen and oxygen atoms in total. The first kappa shape index (κ1) is 39.3. The molecule has 0 unspecified atom stereocenters. The molecule has 0 radical (unpaired) electrons. The lowest BCUT2D eigenvalue weighted by molar-refractivity contribution is -0.192. The van der Waals surface area contributed by atoms with Crippen LogP contribution in [0.25, 0.3) is 11.3 Å². The number of halogens is 3. The topological polar surface area (TPSA) is 159 Å². The lowest BCUT2D eigenvalue weighted by atomic mass is 10.0. The number of aryl methyl sites for hydroxylation is 1. The van der Waals surface area contributed by atoms with Crippen molar-refractivity contribution in [2.45, 2.75) is 56.1 Å². The van der Waals surface area contributed by atoms with Crippen LogP contribution in [0.1, 0.15) is 47.3 Å². The van der Waals surface area contributed by atoms with Crippen molar-refractivity contribution in [1.29, 1.82) is 0 Å². The minimum absolute atomic E-state index is 0.0628. The number of hydrogen-bond donors (Lipinski definition) is 2. The van der Waals surface area contributed by atoms with E-state index in [4.69, 9.17) is 14.6 Å². The fourth-order valence-corrected chi connectivity index (χ4v) is 7.41. The van der Waals surface area contributed by atoms with Crippen molar-refractivity contribution in [2.75, 3.05) is 37.8 Å². The lowest BCUT2D eigenvalue weighted by Crippen LogP contribution is -2.46. The number of carboxylic acid groups (broad SMARTS) is 1. The molecule has 2 saturated heterocycles. The first-order valence-electron chi connectivity index (χ1n) is 16.7. The summed E-state index contributed by atoms with van der Waals surface area (Å²) in [6, 6.07) is 15.6. The van der Waals surface area contributed by atoms with Crippen molar-refractivity contribution in [1.82, 2.24) is 19.8 Å². The van der Waals surface area contributed by atoms with Crippen molar-refractivity contribution >= 4 is 44.1 Å². The zero-order chi connectivity index (χ0) is 38.3. The van der Waals surface area contributed by atoms with Crippen LogP contribution in [-0.2, 0) is 25.8 Å². The molecule has 2 aromatic heterocycles. The summed E-state index contributed by atoms with van der Waals surface area (Å²) in [4.78, 5) is 49.2. The predicted molar refractivity (Wildman–Crippen MR) is 192 cm³/mol. The second-order valence-corrected chi connectivity index (χ2v) is 15.6. The molecule has 17 heteroatoms. The quantitative estimate of drug-likeness (QED) is 0.200. The molecule has 4 heterocycles. The molecule has 2 aliphatic heterocycles. The molecular weight excluding hydrogens is 736 g/mol. The molecule has 2 aliphatic rings. The molecule has 282 valence electrons. The summed E-state index contributed by atoms with van der Waals surface area (Å²) >= 11 is 1.28. The zero-order valence-corrected chi connectivity index (χ0v) is 30.6. The van der Waals surface area contributed by atoms with E-state index in [1.54, 1.807) is 36.5 Å². The van der Waals surface area contributed by atoms with Crippen LogP contribution in [-0.4, -0.2) is 95.7 Å². The number of nitrogens with one attached hydrogen (secondary N) is 1. The maximum atomic E-state index is 13.5. The van der Waals surface area contributed by atoms with E-state index in [9.17, 15) is 31.2 Å². The van der Waals surface area contributed by atoms with E-state index in [0.29, 0.717) is 45.2 Å². The minimum Gasteiger partial charge on any atom is -0.475 e. The number of hydrogen-bond acceptors (Lipinski definition) is 10. The Labute approximate surface area is 308 Å². The Balaban J connectivity index is 0.000000705. The number of carbonyl (C=O) groups is 3. The van der Waals surface area contributed by atoms with Gasteiger partial charge in [0.2, 0.25) is 5.91 Å². The number of nitrogens with zero attached hydrogens (tertiary/aromatic N) is 4. The van der Waals surface area contributed by atoms with E-state index < -0.39 is 22.0 Å². The number of pyridine rings is 1. The number of rotatable bonds is 9. The number of carboxylic acids is 1. The lowest BCUT2D eigenvalue weighted by Gasteiger charge is -2.36. The van der Waals surface area contributed by atoms with Gasteiger partial charge in [0.25, 0.3) is 5.91 Å². The summed E-state index contributed by atoms with van der Waals surface area (Å²) in [7, 11) is -3.35. The molecule has 0 atom stereocenters. The van der Waals surface area contributed by atoms with Gasteiger partial charge in [-0.2, -0.15) is 13.2 Å². The molecule has 53 heavy (non-hydrogen) atoms. The zero-order valence-electron chi connectivity index (χ0n) is 28.9. The number of sulfone groups is 1. The Bertz CT molecular complexity index is 2040. The number of benzene rings is 2. The second-order valence-electron chi connectivity index (χ2n) is 12.7. The summed E-state index contributed by atoms with van der Waals surface area (Å²) < 4.78 is 61.5. The van der Waals surface area contributed by atoms with E-state index in [1.165, 1.54) is 49.4 Å². The monoisotopic (exact) mass is 773 g/mol. The van der Waals surface area contributed by atoms with E-state index in [0.717, 1.165) is 37.8 Å². The molecule has 4 aromatic rings. The van der Waals surface area contributed by atoms with Gasteiger partial charge in [-0.1, -0.05) is 6.07 Å². The maximum Gasteiger partial charge on any atom is 0.490 e. The van der Waals surface area contributed by atoms with Gasteiger partial charge < -0.3 is 19.6 Å².